The van der Waals surface area contributed by atoms with E-state index in [-0.39, 0.29) is 10.6 Å². The molecule has 0 amide bonds. The molecule has 0 unspecified atom stereocenters. The van der Waals surface area contributed by atoms with Gasteiger partial charge in [0.15, 0.2) is 0 Å². The summed E-state index contributed by atoms with van der Waals surface area (Å²) in [6.45, 7) is 0. The Morgan fingerprint density at radius 3 is 3.07 bits per heavy atom. The number of pyridine rings is 2. The fourth-order valence-corrected chi connectivity index (χ4v) is 1.50. The molecule has 2 rings (SSSR count). The molecule has 0 aliphatic carbocycles. The van der Waals surface area contributed by atoms with E-state index in [2.05, 4.69) is 9.97 Å². The molecule has 2 heterocycles. The first-order valence-corrected chi connectivity index (χ1v) is 4.17. The van der Waals surface area contributed by atoms with Crippen LogP contribution in [0.5, 0.6) is 0 Å². The average molecular weight is 206 g/mol. The van der Waals surface area contributed by atoms with Crippen LogP contribution in [0.25, 0.3) is 10.9 Å². The zero-order valence-corrected chi connectivity index (χ0v) is 7.67. The van der Waals surface area contributed by atoms with E-state index in [4.69, 9.17) is 16.9 Å². The van der Waals surface area contributed by atoms with Crippen molar-refractivity contribution >= 4 is 22.5 Å². The summed E-state index contributed by atoms with van der Waals surface area (Å²) in [6, 6.07) is 3.41. The third-order valence-electron chi connectivity index (χ3n) is 1.86. The SMILES string of the molecule is N#Cc1c(Cl)c2ccncc2[nH]c1=O. The summed E-state index contributed by atoms with van der Waals surface area (Å²) in [5.41, 5.74) is -0.0233. The van der Waals surface area contributed by atoms with E-state index in [0.717, 1.165) is 0 Å². The van der Waals surface area contributed by atoms with E-state index in [1.165, 1.54) is 6.20 Å². The maximum atomic E-state index is 11.3. The summed E-state index contributed by atoms with van der Waals surface area (Å²) in [5, 5.41) is 9.49. The van der Waals surface area contributed by atoms with Crippen molar-refractivity contribution in [3.05, 3.63) is 39.4 Å². The van der Waals surface area contributed by atoms with Gasteiger partial charge in [0.1, 0.15) is 11.6 Å². The van der Waals surface area contributed by atoms with Crippen LogP contribution in [0, 0.1) is 11.3 Å². The zero-order chi connectivity index (χ0) is 10.1. The third-order valence-corrected chi connectivity index (χ3v) is 2.26. The van der Waals surface area contributed by atoms with Gasteiger partial charge in [-0.2, -0.15) is 5.26 Å². The molecule has 0 atom stereocenters. The molecule has 0 aliphatic rings. The van der Waals surface area contributed by atoms with Gasteiger partial charge in [0.2, 0.25) is 0 Å². The van der Waals surface area contributed by atoms with E-state index in [1.54, 1.807) is 18.3 Å². The highest BCUT2D eigenvalue weighted by Crippen LogP contribution is 2.21. The van der Waals surface area contributed by atoms with Crippen LogP contribution in [-0.2, 0) is 0 Å². The smallest absolute Gasteiger partial charge is 0.267 e. The minimum atomic E-state index is -0.488. The number of nitrogens with zero attached hydrogens (tertiary/aromatic N) is 2. The number of nitrogens with one attached hydrogen (secondary N) is 1. The first-order valence-electron chi connectivity index (χ1n) is 3.79. The maximum absolute atomic E-state index is 11.3. The molecular formula is C9H4ClN3O. The molecule has 0 spiro atoms. The highest BCUT2D eigenvalue weighted by molar-refractivity contribution is 6.36. The second kappa shape index (κ2) is 3.13. The highest BCUT2D eigenvalue weighted by Gasteiger charge is 2.09. The predicted molar refractivity (Wildman–Crippen MR) is 52.1 cm³/mol. The fraction of sp³-hybridized carbons (Fsp3) is 0. The predicted octanol–water partition coefficient (Wildman–Crippen LogP) is 1.45. The van der Waals surface area contributed by atoms with Gasteiger partial charge in [-0.05, 0) is 6.07 Å². The van der Waals surface area contributed by atoms with Gasteiger partial charge in [-0.25, -0.2) is 0 Å². The van der Waals surface area contributed by atoms with Crippen LogP contribution in [0.1, 0.15) is 5.56 Å². The van der Waals surface area contributed by atoms with Gasteiger partial charge in [0.25, 0.3) is 5.56 Å². The molecule has 0 aromatic carbocycles. The van der Waals surface area contributed by atoms with Crippen molar-refractivity contribution in [2.45, 2.75) is 0 Å². The average Bonchev–Trinajstić information content (AvgIpc) is 2.18. The Balaban J connectivity index is 3.02. The summed E-state index contributed by atoms with van der Waals surface area (Å²) >= 11 is 5.88. The lowest BCUT2D eigenvalue weighted by atomic mass is 10.2. The summed E-state index contributed by atoms with van der Waals surface area (Å²) in [7, 11) is 0. The molecule has 0 fully saturated rings. The lowest BCUT2D eigenvalue weighted by molar-refractivity contribution is 1.24. The minimum Gasteiger partial charge on any atom is -0.319 e. The standard InChI is InChI=1S/C9H4ClN3O/c10-8-5-1-2-12-4-7(5)13-9(14)6(8)3-11/h1-2,4H,(H,13,14). The van der Waals surface area contributed by atoms with Crippen molar-refractivity contribution in [3.63, 3.8) is 0 Å². The first-order chi connectivity index (χ1) is 6.74. The number of hydrogen-bond acceptors (Lipinski definition) is 3. The van der Waals surface area contributed by atoms with E-state index in [1.807, 2.05) is 0 Å². The van der Waals surface area contributed by atoms with Crippen LogP contribution in [-0.4, -0.2) is 9.97 Å². The summed E-state index contributed by atoms with van der Waals surface area (Å²) in [5.74, 6) is 0. The fourth-order valence-electron chi connectivity index (χ4n) is 1.20. The van der Waals surface area contributed by atoms with E-state index < -0.39 is 5.56 Å². The molecule has 0 radical (unpaired) electrons. The highest BCUT2D eigenvalue weighted by atomic mass is 35.5. The van der Waals surface area contributed by atoms with Crippen LogP contribution in [0.4, 0.5) is 0 Å². The van der Waals surface area contributed by atoms with Gasteiger partial charge in [-0.15, -0.1) is 0 Å². The number of H-pyrrole nitrogens is 1. The quantitative estimate of drug-likeness (QED) is 0.708. The summed E-state index contributed by atoms with van der Waals surface area (Å²) < 4.78 is 0. The number of nitriles is 1. The summed E-state index contributed by atoms with van der Waals surface area (Å²) in [6.07, 6.45) is 3.04. The van der Waals surface area contributed by atoms with Crippen LogP contribution in [0.2, 0.25) is 5.02 Å². The summed E-state index contributed by atoms with van der Waals surface area (Å²) in [4.78, 5) is 17.7. The lowest BCUT2D eigenvalue weighted by Crippen LogP contribution is -2.10. The van der Waals surface area contributed by atoms with Crippen molar-refractivity contribution in [3.8, 4) is 6.07 Å². The number of halogens is 1. The molecule has 5 heteroatoms. The maximum Gasteiger partial charge on any atom is 0.267 e. The Morgan fingerprint density at radius 2 is 2.36 bits per heavy atom. The van der Waals surface area contributed by atoms with Crippen molar-refractivity contribution in [2.75, 3.05) is 0 Å². The van der Waals surface area contributed by atoms with Gasteiger partial charge in [-0.3, -0.25) is 9.78 Å². The van der Waals surface area contributed by atoms with Gasteiger partial charge in [0, 0.05) is 11.6 Å². The largest absolute Gasteiger partial charge is 0.319 e. The molecular weight excluding hydrogens is 202 g/mol. The third kappa shape index (κ3) is 1.15. The minimum absolute atomic E-state index is 0.0645. The topological polar surface area (TPSA) is 69.5 Å². The van der Waals surface area contributed by atoms with Gasteiger partial charge >= 0.3 is 0 Å². The molecule has 0 saturated heterocycles. The Kier molecular flexibility index (Phi) is 1.95. The van der Waals surface area contributed by atoms with Crippen molar-refractivity contribution in [1.29, 1.82) is 5.26 Å². The lowest BCUT2D eigenvalue weighted by Gasteiger charge is -1.99. The molecule has 0 saturated carbocycles. The number of aromatic nitrogens is 2. The Labute approximate surface area is 83.8 Å². The van der Waals surface area contributed by atoms with E-state index in [0.29, 0.717) is 10.9 Å². The second-order valence-corrected chi connectivity index (χ2v) is 3.05. The number of fused-ring (bicyclic) bond motifs is 1. The van der Waals surface area contributed by atoms with Crippen molar-refractivity contribution in [2.24, 2.45) is 0 Å². The van der Waals surface area contributed by atoms with Crippen LogP contribution in [0.15, 0.2) is 23.3 Å². The normalized spacial score (nSPS) is 10.0. The Hall–Kier alpha value is -1.86. The second-order valence-electron chi connectivity index (χ2n) is 2.68. The van der Waals surface area contributed by atoms with Gasteiger partial charge in [-0.1, -0.05) is 11.6 Å². The molecule has 14 heavy (non-hydrogen) atoms. The van der Waals surface area contributed by atoms with Crippen LogP contribution in [0.3, 0.4) is 0 Å². The van der Waals surface area contributed by atoms with Crippen LogP contribution >= 0.6 is 11.6 Å². The molecule has 2 aromatic rings. The Bertz CT molecular complexity index is 597. The van der Waals surface area contributed by atoms with Crippen LogP contribution < -0.4 is 5.56 Å². The molecule has 68 valence electrons. The first kappa shape index (κ1) is 8.73. The van der Waals surface area contributed by atoms with Gasteiger partial charge < -0.3 is 4.98 Å². The molecule has 1 N–H and O–H groups in total. The molecule has 0 bridgehead atoms. The van der Waals surface area contributed by atoms with Crippen molar-refractivity contribution < 1.29 is 0 Å². The monoisotopic (exact) mass is 205 g/mol. The number of aromatic amines is 1. The molecule has 4 nitrogen and oxygen atoms in total. The zero-order valence-electron chi connectivity index (χ0n) is 6.91. The number of rotatable bonds is 0. The Morgan fingerprint density at radius 1 is 1.57 bits per heavy atom. The number of hydrogen-bond donors (Lipinski definition) is 1. The van der Waals surface area contributed by atoms with E-state index in [9.17, 15) is 4.79 Å². The molecule has 0 aliphatic heterocycles. The van der Waals surface area contributed by atoms with E-state index >= 15 is 0 Å². The molecule has 2 aromatic heterocycles. The van der Waals surface area contributed by atoms with Gasteiger partial charge in [0.05, 0.1) is 16.7 Å². The van der Waals surface area contributed by atoms with Crippen molar-refractivity contribution in [1.82, 2.24) is 9.97 Å².